The number of thiazole rings is 1. The summed E-state index contributed by atoms with van der Waals surface area (Å²) in [5.74, 6) is 0.359. The maximum absolute atomic E-state index is 6.29. The van der Waals surface area contributed by atoms with E-state index in [1.165, 1.54) is 17.5 Å². The first-order chi connectivity index (χ1) is 10.1. The van der Waals surface area contributed by atoms with Gasteiger partial charge in [-0.05, 0) is 6.07 Å². The van der Waals surface area contributed by atoms with Crippen LogP contribution in [0.2, 0.25) is 14.6 Å². The first-order valence-electron chi connectivity index (χ1n) is 5.66. The minimum atomic E-state index is 0.267. The topological polar surface area (TPSA) is 38.7 Å². The van der Waals surface area contributed by atoms with E-state index in [0.717, 1.165) is 10.0 Å². The Morgan fingerprint density at radius 2 is 1.67 bits per heavy atom. The first-order valence-corrected chi connectivity index (χ1v) is 8.40. The van der Waals surface area contributed by atoms with Crippen molar-refractivity contribution in [3.8, 4) is 22.0 Å². The van der Waals surface area contributed by atoms with Crippen molar-refractivity contribution in [1.82, 2.24) is 15.0 Å². The average Bonchev–Trinajstić information content (AvgIpc) is 2.87. The van der Waals surface area contributed by atoms with E-state index in [2.05, 4.69) is 30.9 Å². The van der Waals surface area contributed by atoms with E-state index < -0.39 is 0 Å². The van der Waals surface area contributed by atoms with Crippen LogP contribution in [0.25, 0.3) is 22.0 Å². The van der Waals surface area contributed by atoms with E-state index in [-0.39, 0.29) is 10.3 Å². The Balaban J connectivity index is 2.15. The minimum absolute atomic E-state index is 0.267. The maximum Gasteiger partial charge on any atom is 0.191 e. The van der Waals surface area contributed by atoms with Crippen molar-refractivity contribution in [1.29, 1.82) is 0 Å². The lowest BCUT2D eigenvalue weighted by Crippen LogP contribution is -1.94. The highest BCUT2D eigenvalue weighted by atomic mass is 79.9. The molecule has 0 aliphatic heterocycles. The number of rotatable bonds is 2. The molecule has 8 heteroatoms. The van der Waals surface area contributed by atoms with Gasteiger partial charge in [0.1, 0.15) is 14.6 Å². The van der Waals surface area contributed by atoms with Gasteiger partial charge in [0.15, 0.2) is 10.8 Å². The second-order valence-electron chi connectivity index (χ2n) is 3.95. The van der Waals surface area contributed by atoms with Gasteiger partial charge in [0, 0.05) is 10.0 Å². The van der Waals surface area contributed by atoms with Gasteiger partial charge in [-0.2, -0.15) is 0 Å². The lowest BCUT2D eigenvalue weighted by Gasteiger charge is -2.09. The van der Waals surface area contributed by atoms with Crippen LogP contribution in [0.1, 0.15) is 0 Å². The Hall–Kier alpha value is -0.720. The maximum atomic E-state index is 6.29. The Morgan fingerprint density at radius 1 is 1.00 bits per heavy atom. The van der Waals surface area contributed by atoms with Crippen LogP contribution in [0, 0.1) is 0 Å². The van der Waals surface area contributed by atoms with E-state index in [1.807, 2.05) is 24.3 Å². The van der Waals surface area contributed by atoms with Crippen LogP contribution in [0.5, 0.6) is 0 Å². The molecule has 2 heterocycles. The van der Waals surface area contributed by atoms with Crippen molar-refractivity contribution in [2.45, 2.75) is 0 Å². The highest BCUT2D eigenvalue weighted by Gasteiger charge is 2.17. The van der Waals surface area contributed by atoms with Crippen LogP contribution in [-0.2, 0) is 0 Å². The molecule has 0 saturated heterocycles. The standard InChI is InChI=1S/C13H5BrCl3N3S/c14-7-4-2-1-3-6(7)9-10(16)19-12(20-11(9)17)13-18-5-8(15)21-13/h1-5H. The quantitative estimate of drug-likeness (QED) is 0.477. The molecule has 3 aromatic rings. The lowest BCUT2D eigenvalue weighted by molar-refractivity contribution is 1.16. The minimum Gasteiger partial charge on any atom is -0.240 e. The normalized spacial score (nSPS) is 10.9. The largest absolute Gasteiger partial charge is 0.240 e. The van der Waals surface area contributed by atoms with Crippen molar-refractivity contribution in [3.05, 3.63) is 49.6 Å². The van der Waals surface area contributed by atoms with Gasteiger partial charge in [0.2, 0.25) is 0 Å². The number of halogens is 4. The molecule has 2 aromatic heterocycles. The second-order valence-corrected chi connectivity index (χ2v) is 7.19. The van der Waals surface area contributed by atoms with Gasteiger partial charge in [0.05, 0.1) is 11.8 Å². The van der Waals surface area contributed by atoms with E-state index in [9.17, 15) is 0 Å². The SMILES string of the molecule is Clc1cnc(-c2nc(Cl)c(-c3ccccc3Br)c(Cl)n2)s1. The van der Waals surface area contributed by atoms with Crippen LogP contribution in [0.3, 0.4) is 0 Å². The summed E-state index contributed by atoms with van der Waals surface area (Å²) >= 11 is 23.2. The molecule has 3 nitrogen and oxygen atoms in total. The monoisotopic (exact) mass is 419 g/mol. The lowest BCUT2D eigenvalue weighted by atomic mass is 10.1. The molecule has 0 saturated carbocycles. The summed E-state index contributed by atoms with van der Waals surface area (Å²) in [5, 5.41) is 1.11. The zero-order valence-corrected chi connectivity index (χ0v) is 14.8. The molecule has 106 valence electrons. The summed E-state index contributed by atoms with van der Waals surface area (Å²) in [5.41, 5.74) is 1.41. The molecular formula is C13H5BrCl3N3S. The molecule has 0 unspecified atom stereocenters. The van der Waals surface area contributed by atoms with Crippen molar-refractivity contribution >= 4 is 62.1 Å². The van der Waals surface area contributed by atoms with Gasteiger partial charge in [-0.25, -0.2) is 15.0 Å². The molecule has 0 atom stereocenters. The average molecular weight is 422 g/mol. The van der Waals surface area contributed by atoms with E-state index in [1.54, 1.807) is 0 Å². The Kier molecular flexibility index (Phi) is 4.47. The molecule has 0 fully saturated rings. The van der Waals surface area contributed by atoms with Crippen molar-refractivity contribution in [2.75, 3.05) is 0 Å². The molecule has 0 aliphatic carbocycles. The summed E-state index contributed by atoms with van der Waals surface area (Å²) in [7, 11) is 0. The third-order valence-corrected chi connectivity index (χ3v) is 4.98. The fourth-order valence-electron chi connectivity index (χ4n) is 1.75. The molecule has 0 aliphatic rings. The first kappa shape index (κ1) is 15.2. The summed E-state index contributed by atoms with van der Waals surface area (Å²) in [6.45, 7) is 0. The van der Waals surface area contributed by atoms with Crippen molar-refractivity contribution < 1.29 is 0 Å². The highest BCUT2D eigenvalue weighted by Crippen LogP contribution is 2.38. The third-order valence-electron chi connectivity index (χ3n) is 2.63. The number of hydrogen-bond donors (Lipinski definition) is 0. The van der Waals surface area contributed by atoms with E-state index in [0.29, 0.717) is 20.7 Å². The molecular weight excluding hydrogens is 416 g/mol. The van der Waals surface area contributed by atoms with Gasteiger partial charge < -0.3 is 0 Å². The molecule has 0 spiro atoms. The molecule has 21 heavy (non-hydrogen) atoms. The molecule has 1 aromatic carbocycles. The van der Waals surface area contributed by atoms with Crippen LogP contribution in [-0.4, -0.2) is 15.0 Å². The van der Waals surface area contributed by atoms with E-state index in [4.69, 9.17) is 34.8 Å². The number of aromatic nitrogens is 3. The second kappa shape index (κ2) is 6.18. The van der Waals surface area contributed by atoms with Crippen LogP contribution in [0.4, 0.5) is 0 Å². The zero-order valence-electron chi connectivity index (χ0n) is 10.1. The fourth-order valence-corrected chi connectivity index (χ4v) is 3.67. The number of nitrogens with zero attached hydrogens (tertiary/aromatic N) is 3. The summed E-state index contributed by atoms with van der Waals surface area (Å²) < 4.78 is 1.41. The number of hydrogen-bond acceptors (Lipinski definition) is 4. The van der Waals surface area contributed by atoms with Crippen LogP contribution >= 0.6 is 62.1 Å². The predicted molar refractivity (Wildman–Crippen MR) is 91.3 cm³/mol. The summed E-state index contributed by atoms with van der Waals surface area (Å²) in [6, 6.07) is 7.58. The Bertz CT molecular complexity index is 799. The summed E-state index contributed by atoms with van der Waals surface area (Å²) in [4.78, 5) is 12.7. The van der Waals surface area contributed by atoms with E-state index >= 15 is 0 Å². The Labute approximate surface area is 148 Å². The van der Waals surface area contributed by atoms with Crippen LogP contribution in [0.15, 0.2) is 34.9 Å². The van der Waals surface area contributed by atoms with Crippen molar-refractivity contribution in [3.63, 3.8) is 0 Å². The van der Waals surface area contributed by atoms with Gasteiger partial charge in [-0.1, -0.05) is 80.3 Å². The predicted octanol–water partition coefficient (Wildman–Crippen LogP) is 5.99. The van der Waals surface area contributed by atoms with Crippen molar-refractivity contribution in [2.24, 2.45) is 0 Å². The van der Waals surface area contributed by atoms with Gasteiger partial charge in [-0.3, -0.25) is 0 Å². The molecule has 3 rings (SSSR count). The molecule has 0 bridgehead atoms. The summed E-state index contributed by atoms with van der Waals surface area (Å²) in [6.07, 6.45) is 1.54. The fraction of sp³-hybridized carbons (Fsp3) is 0. The van der Waals surface area contributed by atoms with Crippen LogP contribution < -0.4 is 0 Å². The highest BCUT2D eigenvalue weighted by molar-refractivity contribution is 9.10. The zero-order chi connectivity index (χ0) is 15.0. The molecule has 0 radical (unpaired) electrons. The number of benzene rings is 1. The molecule has 0 amide bonds. The van der Waals surface area contributed by atoms with Gasteiger partial charge >= 0.3 is 0 Å². The smallest absolute Gasteiger partial charge is 0.191 e. The van der Waals surface area contributed by atoms with Gasteiger partial charge in [0.25, 0.3) is 0 Å². The van der Waals surface area contributed by atoms with Gasteiger partial charge in [-0.15, -0.1) is 0 Å². The molecule has 0 N–H and O–H groups in total. The third kappa shape index (κ3) is 3.07. The Morgan fingerprint density at radius 3 is 2.24 bits per heavy atom.